The molecule has 1 saturated heterocycles. The summed E-state index contributed by atoms with van der Waals surface area (Å²) in [5.74, 6) is 0.101. The number of hydrogen-bond donors (Lipinski definition) is 1. The lowest BCUT2D eigenvalue weighted by molar-refractivity contribution is 0.202. The van der Waals surface area contributed by atoms with Crippen molar-refractivity contribution in [2.24, 2.45) is 0 Å². The van der Waals surface area contributed by atoms with Gasteiger partial charge in [-0.25, -0.2) is 12.7 Å². The minimum absolute atomic E-state index is 0.101. The van der Waals surface area contributed by atoms with Crippen LogP contribution in [0.5, 0.6) is 0 Å². The van der Waals surface area contributed by atoms with Crippen molar-refractivity contribution in [1.82, 2.24) is 14.2 Å². The number of β-amino-alcohol motifs (C(OH)–C–C–N with tert-alkyl or cyclic N) is 1. The van der Waals surface area contributed by atoms with E-state index in [1.807, 2.05) is 18.2 Å². The summed E-state index contributed by atoms with van der Waals surface area (Å²) in [6.07, 6.45) is 2.93. The Balaban J connectivity index is 1.90. The Morgan fingerprint density at radius 2 is 2.05 bits per heavy atom. The number of sulfonamides is 1. The third-order valence-corrected chi connectivity index (χ3v) is 5.57. The van der Waals surface area contributed by atoms with Gasteiger partial charge < -0.3 is 5.11 Å². The number of pyridine rings is 1. The Morgan fingerprint density at radius 1 is 1.19 bits per heavy atom. The molecule has 1 aromatic heterocycles. The number of hydrogen-bond acceptors (Lipinski definition) is 5. The summed E-state index contributed by atoms with van der Waals surface area (Å²) in [6, 6.07) is 5.54. The lowest BCUT2D eigenvalue weighted by Crippen LogP contribution is -2.37. The van der Waals surface area contributed by atoms with E-state index in [1.165, 1.54) is 0 Å². The molecular formula is C14H23N3O3S. The van der Waals surface area contributed by atoms with E-state index < -0.39 is 10.0 Å². The van der Waals surface area contributed by atoms with Crippen molar-refractivity contribution in [3.8, 4) is 0 Å². The maximum Gasteiger partial charge on any atom is 0.214 e. The van der Waals surface area contributed by atoms with Crippen LogP contribution < -0.4 is 0 Å². The fourth-order valence-electron chi connectivity index (χ4n) is 2.50. The summed E-state index contributed by atoms with van der Waals surface area (Å²) in [7, 11) is -3.24. The van der Waals surface area contributed by atoms with Gasteiger partial charge in [-0.05, 0) is 25.1 Å². The van der Waals surface area contributed by atoms with Gasteiger partial charge in [0.15, 0.2) is 0 Å². The molecule has 0 spiro atoms. The summed E-state index contributed by atoms with van der Waals surface area (Å²) in [4.78, 5) is 6.27. The Morgan fingerprint density at radius 3 is 2.76 bits per heavy atom. The summed E-state index contributed by atoms with van der Waals surface area (Å²) >= 11 is 0. The van der Waals surface area contributed by atoms with Crippen molar-refractivity contribution >= 4 is 10.0 Å². The predicted molar refractivity (Wildman–Crippen MR) is 81.4 cm³/mol. The lowest BCUT2D eigenvalue weighted by Gasteiger charge is -2.21. The molecule has 7 heteroatoms. The second-order valence-electron chi connectivity index (χ2n) is 5.20. The molecule has 0 amide bonds. The van der Waals surface area contributed by atoms with E-state index in [-0.39, 0.29) is 12.4 Å². The van der Waals surface area contributed by atoms with Crippen LogP contribution in [0.3, 0.4) is 0 Å². The SMILES string of the molecule is O=S(=O)(CCc1ccccn1)N1CCCN(CCO)CC1. The second kappa shape index (κ2) is 7.84. The molecule has 2 heterocycles. The van der Waals surface area contributed by atoms with Gasteiger partial charge >= 0.3 is 0 Å². The van der Waals surface area contributed by atoms with Gasteiger partial charge in [0.05, 0.1) is 12.4 Å². The minimum atomic E-state index is -3.24. The molecule has 0 atom stereocenters. The first-order chi connectivity index (χ1) is 10.1. The Kier molecular flexibility index (Phi) is 6.10. The van der Waals surface area contributed by atoms with Crippen LogP contribution in [0, 0.1) is 0 Å². The molecule has 0 saturated carbocycles. The van der Waals surface area contributed by atoms with Crippen LogP contribution in [0.4, 0.5) is 0 Å². The number of aryl methyl sites for hydroxylation is 1. The third kappa shape index (κ3) is 5.03. The number of aromatic nitrogens is 1. The highest BCUT2D eigenvalue weighted by molar-refractivity contribution is 7.89. The Bertz CT molecular complexity index is 522. The van der Waals surface area contributed by atoms with Gasteiger partial charge in [-0.1, -0.05) is 6.07 Å². The van der Waals surface area contributed by atoms with Crippen LogP contribution in [0.15, 0.2) is 24.4 Å². The van der Waals surface area contributed by atoms with Crippen LogP contribution in [0.2, 0.25) is 0 Å². The molecule has 21 heavy (non-hydrogen) atoms. The topological polar surface area (TPSA) is 73.7 Å². The standard InChI is InChI=1S/C14H23N3O3S/c18-12-11-16-7-3-8-17(10-9-16)21(19,20)13-5-14-4-1-2-6-15-14/h1-2,4,6,18H,3,5,7-13H2. The van der Waals surface area contributed by atoms with Crippen LogP contribution in [-0.2, 0) is 16.4 Å². The van der Waals surface area contributed by atoms with Gasteiger partial charge in [-0.2, -0.15) is 0 Å². The number of aliphatic hydroxyl groups is 1. The molecule has 0 unspecified atom stereocenters. The van der Waals surface area contributed by atoms with Crippen molar-refractivity contribution in [2.75, 3.05) is 45.1 Å². The first kappa shape index (κ1) is 16.4. The average Bonchev–Trinajstić information content (AvgIpc) is 2.73. The number of rotatable bonds is 6. The van der Waals surface area contributed by atoms with Gasteiger partial charge in [-0.3, -0.25) is 9.88 Å². The van der Waals surface area contributed by atoms with E-state index in [4.69, 9.17) is 5.11 Å². The number of nitrogens with zero attached hydrogens (tertiary/aromatic N) is 3. The zero-order valence-corrected chi connectivity index (χ0v) is 13.0. The fraction of sp³-hybridized carbons (Fsp3) is 0.643. The van der Waals surface area contributed by atoms with Crippen LogP contribution in [0.25, 0.3) is 0 Å². The second-order valence-corrected chi connectivity index (χ2v) is 7.29. The van der Waals surface area contributed by atoms with Gasteiger partial charge in [0.25, 0.3) is 0 Å². The largest absolute Gasteiger partial charge is 0.395 e. The molecule has 0 radical (unpaired) electrons. The highest BCUT2D eigenvalue weighted by Gasteiger charge is 2.24. The molecule has 1 fully saturated rings. The molecule has 0 aromatic carbocycles. The molecule has 1 aliphatic rings. The molecule has 2 rings (SSSR count). The van der Waals surface area contributed by atoms with Crippen LogP contribution in [0.1, 0.15) is 12.1 Å². The summed E-state index contributed by atoms with van der Waals surface area (Å²) in [5, 5.41) is 8.97. The monoisotopic (exact) mass is 313 g/mol. The molecule has 0 bridgehead atoms. The summed E-state index contributed by atoms with van der Waals surface area (Å²) in [6.45, 7) is 3.32. The van der Waals surface area contributed by atoms with E-state index in [9.17, 15) is 8.42 Å². The minimum Gasteiger partial charge on any atom is -0.395 e. The van der Waals surface area contributed by atoms with Gasteiger partial charge in [0, 0.05) is 44.5 Å². The average molecular weight is 313 g/mol. The third-order valence-electron chi connectivity index (χ3n) is 3.70. The van der Waals surface area contributed by atoms with Crippen molar-refractivity contribution < 1.29 is 13.5 Å². The maximum atomic E-state index is 12.4. The molecule has 1 aliphatic heterocycles. The summed E-state index contributed by atoms with van der Waals surface area (Å²) in [5.41, 5.74) is 0.804. The molecule has 1 aromatic rings. The molecular weight excluding hydrogens is 290 g/mol. The predicted octanol–water partition coefficient (Wildman–Crippen LogP) is -0.0461. The van der Waals surface area contributed by atoms with E-state index in [0.717, 1.165) is 18.7 Å². The first-order valence-electron chi connectivity index (χ1n) is 7.33. The smallest absolute Gasteiger partial charge is 0.214 e. The Hall–Kier alpha value is -1.02. The number of aliphatic hydroxyl groups excluding tert-OH is 1. The molecule has 6 nitrogen and oxygen atoms in total. The van der Waals surface area contributed by atoms with Crippen molar-refractivity contribution in [2.45, 2.75) is 12.8 Å². The maximum absolute atomic E-state index is 12.4. The highest BCUT2D eigenvalue weighted by atomic mass is 32.2. The van der Waals surface area contributed by atoms with Crippen molar-refractivity contribution in [3.63, 3.8) is 0 Å². The first-order valence-corrected chi connectivity index (χ1v) is 8.94. The zero-order chi connectivity index (χ0) is 15.1. The van der Waals surface area contributed by atoms with Gasteiger partial charge in [-0.15, -0.1) is 0 Å². The molecule has 118 valence electrons. The quantitative estimate of drug-likeness (QED) is 0.797. The van der Waals surface area contributed by atoms with E-state index in [2.05, 4.69) is 9.88 Å². The molecule has 0 aliphatic carbocycles. The van der Waals surface area contributed by atoms with E-state index in [1.54, 1.807) is 10.5 Å². The zero-order valence-electron chi connectivity index (χ0n) is 12.2. The fourth-order valence-corrected chi connectivity index (χ4v) is 3.99. The van der Waals surface area contributed by atoms with Crippen molar-refractivity contribution in [3.05, 3.63) is 30.1 Å². The van der Waals surface area contributed by atoms with Crippen LogP contribution in [-0.4, -0.2) is 72.8 Å². The van der Waals surface area contributed by atoms with E-state index >= 15 is 0 Å². The molecule has 1 N–H and O–H groups in total. The van der Waals surface area contributed by atoms with E-state index in [0.29, 0.717) is 32.6 Å². The lowest BCUT2D eigenvalue weighted by atomic mass is 10.3. The Labute approximate surface area is 126 Å². The van der Waals surface area contributed by atoms with Gasteiger partial charge in [0.2, 0.25) is 10.0 Å². The summed E-state index contributed by atoms with van der Waals surface area (Å²) < 4.78 is 26.4. The van der Waals surface area contributed by atoms with Crippen molar-refractivity contribution in [1.29, 1.82) is 0 Å². The van der Waals surface area contributed by atoms with Crippen LogP contribution >= 0.6 is 0 Å². The van der Waals surface area contributed by atoms with Gasteiger partial charge in [0.1, 0.15) is 0 Å². The normalized spacial score (nSPS) is 18.5. The highest BCUT2D eigenvalue weighted by Crippen LogP contribution is 2.10.